The second kappa shape index (κ2) is 6.93. The highest BCUT2D eigenvalue weighted by atomic mass is 32.1. The van der Waals surface area contributed by atoms with E-state index in [0.717, 1.165) is 25.9 Å². The van der Waals surface area contributed by atoms with Crippen LogP contribution in [0.2, 0.25) is 0 Å². The van der Waals surface area contributed by atoms with Gasteiger partial charge >= 0.3 is 0 Å². The van der Waals surface area contributed by atoms with E-state index >= 15 is 0 Å². The van der Waals surface area contributed by atoms with Crippen molar-refractivity contribution in [3.05, 3.63) is 16.3 Å². The van der Waals surface area contributed by atoms with Gasteiger partial charge in [0.05, 0.1) is 12.0 Å². The van der Waals surface area contributed by atoms with Gasteiger partial charge in [0, 0.05) is 24.5 Å². The molecule has 1 aromatic heterocycles. The van der Waals surface area contributed by atoms with Crippen molar-refractivity contribution in [1.82, 2.24) is 10.2 Å². The van der Waals surface area contributed by atoms with Crippen LogP contribution in [0.15, 0.2) is 11.4 Å². The zero-order valence-corrected chi connectivity index (χ0v) is 13.5. The summed E-state index contributed by atoms with van der Waals surface area (Å²) in [6.45, 7) is 5.50. The lowest BCUT2D eigenvalue weighted by Gasteiger charge is -2.26. The third-order valence-corrected chi connectivity index (χ3v) is 4.58. The molecule has 0 unspecified atom stereocenters. The number of nitrogens with one attached hydrogen (secondary N) is 1. The summed E-state index contributed by atoms with van der Waals surface area (Å²) in [7, 11) is 1.57. The first-order chi connectivity index (χ1) is 10.0. The van der Waals surface area contributed by atoms with Crippen LogP contribution in [0.1, 0.15) is 36.4 Å². The zero-order valence-electron chi connectivity index (χ0n) is 12.7. The molecule has 1 aromatic rings. The van der Waals surface area contributed by atoms with Gasteiger partial charge in [-0.25, -0.2) is 0 Å². The normalized spacial score (nSPS) is 16.1. The fraction of sp³-hybridized carbons (Fsp3) is 0.600. The lowest BCUT2D eigenvalue weighted by Crippen LogP contribution is -2.50. The molecule has 0 aliphatic carbocycles. The summed E-state index contributed by atoms with van der Waals surface area (Å²) in [5.74, 6) is 0.537. The minimum absolute atomic E-state index is 0.0272. The van der Waals surface area contributed by atoms with Crippen molar-refractivity contribution < 1.29 is 14.3 Å². The second-order valence-corrected chi connectivity index (χ2v) is 6.49. The minimum Gasteiger partial charge on any atom is -0.496 e. The fourth-order valence-electron chi connectivity index (χ4n) is 2.41. The summed E-state index contributed by atoms with van der Waals surface area (Å²) in [6.07, 6.45) is 2.10. The molecular formula is C15H22N2O3S. The maximum absolute atomic E-state index is 12.5. The number of nitrogens with zero attached hydrogens (tertiary/aromatic N) is 1. The molecule has 0 spiro atoms. The van der Waals surface area contributed by atoms with Crippen molar-refractivity contribution in [2.75, 3.05) is 20.2 Å². The molecule has 0 bridgehead atoms. The highest BCUT2D eigenvalue weighted by Crippen LogP contribution is 2.21. The molecule has 1 saturated heterocycles. The maximum atomic E-state index is 12.5. The summed E-state index contributed by atoms with van der Waals surface area (Å²) in [6, 6.07) is 1.22. The van der Waals surface area contributed by atoms with Crippen LogP contribution < -0.4 is 10.1 Å². The summed E-state index contributed by atoms with van der Waals surface area (Å²) < 4.78 is 5.08. The van der Waals surface area contributed by atoms with Gasteiger partial charge in [0.2, 0.25) is 5.91 Å². The molecule has 21 heavy (non-hydrogen) atoms. The molecule has 0 saturated carbocycles. The molecule has 1 aliphatic heterocycles. The third-order valence-electron chi connectivity index (χ3n) is 3.67. The molecule has 2 rings (SSSR count). The van der Waals surface area contributed by atoms with Gasteiger partial charge in [0.1, 0.15) is 11.8 Å². The molecule has 0 aromatic carbocycles. The molecule has 116 valence electrons. The molecule has 1 aliphatic rings. The molecule has 0 radical (unpaired) electrons. The molecule has 1 N–H and O–H groups in total. The van der Waals surface area contributed by atoms with Gasteiger partial charge in [0.25, 0.3) is 5.91 Å². The van der Waals surface area contributed by atoms with Crippen LogP contribution in [-0.2, 0) is 4.79 Å². The first kappa shape index (κ1) is 15.8. The van der Waals surface area contributed by atoms with Gasteiger partial charge in [-0.15, -0.1) is 11.3 Å². The Morgan fingerprint density at radius 3 is 2.52 bits per heavy atom. The van der Waals surface area contributed by atoms with Crippen molar-refractivity contribution >= 4 is 23.2 Å². The average Bonchev–Trinajstić information content (AvgIpc) is 3.13. The molecule has 5 nitrogen and oxygen atoms in total. The molecule has 1 atom stereocenters. The topological polar surface area (TPSA) is 58.6 Å². The summed E-state index contributed by atoms with van der Waals surface area (Å²) in [4.78, 5) is 27.2. The van der Waals surface area contributed by atoms with Gasteiger partial charge in [-0.1, -0.05) is 13.8 Å². The Balaban J connectivity index is 2.05. The van der Waals surface area contributed by atoms with E-state index in [4.69, 9.17) is 4.74 Å². The number of likely N-dealkylation sites (tertiary alicyclic amines) is 1. The van der Waals surface area contributed by atoms with Crippen molar-refractivity contribution in [1.29, 1.82) is 0 Å². The van der Waals surface area contributed by atoms with Crippen molar-refractivity contribution in [3.8, 4) is 5.75 Å². The van der Waals surface area contributed by atoms with Crippen molar-refractivity contribution in [2.45, 2.75) is 32.7 Å². The van der Waals surface area contributed by atoms with E-state index in [9.17, 15) is 9.59 Å². The van der Waals surface area contributed by atoms with Crippen LogP contribution in [0.5, 0.6) is 5.75 Å². The Morgan fingerprint density at radius 1 is 1.33 bits per heavy atom. The number of ether oxygens (including phenoxy) is 1. The molecule has 1 fully saturated rings. The molecular weight excluding hydrogens is 288 g/mol. The first-order valence-electron chi connectivity index (χ1n) is 7.25. The van der Waals surface area contributed by atoms with Crippen LogP contribution >= 0.6 is 11.3 Å². The Kier molecular flexibility index (Phi) is 5.22. The van der Waals surface area contributed by atoms with E-state index < -0.39 is 6.04 Å². The van der Waals surface area contributed by atoms with E-state index in [1.165, 1.54) is 11.3 Å². The Morgan fingerprint density at radius 2 is 2.00 bits per heavy atom. The van der Waals surface area contributed by atoms with E-state index in [0.29, 0.717) is 10.6 Å². The average molecular weight is 310 g/mol. The van der Waals surface area contributed by atoms with Crippen molar-refractivity contribution in [2.24, 2.45) is 5.92 Å². The SMILES string of the molecule is COc1csc(C(=O)N[C@H](C(=O)N2CCCC2)C(C)C)c1. The van der Waals surface area contributed by atoms with E-state index in [-0.39, 0.29) is 17.7 Å². The number of hydrogen-bond acceptors (Lipinski definition) is 4. The van der Waals surface area contributed by atoms with Gasteiger partial charge in [-0.3, -0.25) is 9.59 Å². The van der Waals surface area contributed by atoms with Gasteiger partial charge in [-0.05, 0) is 18.8 Å². The highest BCUT2D eigenvalue weighted by Gasteiger charge is 2.30. The standard InChI is InChI=1S/C15H22N2O3S/c1-10(2)13(15(19)17-6-4-5-7-17)16-14(18)12-8-11(20-3)9-21-12/h8-10,13H,4-7H2,1-3H3,(H,16,18)/t13-/m0/s1. The summed E-state index contributed by atoms with van der Waals surface area (Å²) >= 11 is 1.32. The monoisotopic (exact) mass is 310 g/mol. The number of thiophene rings is 1. The van der Waals surface area contributed by atoms with Crippen molar-refractivity contribution in [3.63, 3.8) is 0 Å². The zero-order chi connectivity index (χ0) is 15.4. The number of methoxy groups -OCH3 is 1. The second-order valence-electron chi connectivity index (χ2n) is 5.58. The summed E-state index contributed by atoms with van der Waals surface area (Å²) in [5.41, 5.74) is 0. The smallest absolute Gasteiger partial charge is 0.262 e. The lowest BCUT2D eigenvalue weighted by molar-refractivity contribution is -0.133. The number of carbonyl (C=O) groups excluding carboxylic acids is 2. The number of rotatable bonds is 5. The quantitative estimate of drug-likeness (QED) is 0.906. The van der Waals surface area contributed by atoms with Crippen LogP contribution in [0.4, 0.5) is 0 Å². The minimum atomic E-state index is -0.469. The number of amides is 2. The summed E-state index contributed by atoms with van der Waals surface area (Å²) in [5, 5.41) is 4.65. The van der Waals surface area contributed by atoms with Gasteiger partial charge in [0.15, 0.2) is 0 Å². The highest BCUT2D eigenvalue weighted by molar-refractivity contribution is 7.12. The lowest BCUT2D eigenvalue weighted by atomic mass is 10.0. The Hall–Kier alpha value is -1.56. The predicted octanol–water partition coefficient (Wildman–Crippen LogP) is 2.13. The van der Waals surface area contributed by atoms with Gasteiger partial charge < -0.3 is 15.0 Å². The third kappa shape index (κ3) is 3.75. The largest absolute Gasteiger partial charge is 0.496 e. The fourth-order valence-corrected chi connectivity index (χ4v) is 3.16. The van der Waals surface area contributed by atoms with E-state index in [1.54, 1.807) is 18.6 Å². The molecule has 6 heteroatoms. The Labute approximate surface area is 129 Å². The number of hydrogen-bond donors (Lipinski definition) is 1. The van der Waals surface area contributed by atoms with Gasteiger partial charge in [-0.2, -0.15) is 0 Å². The van der Waals surface area contributed by atoms with E-state index in [1.807, 2.05) is 18.7 Å². The molecule has 2 amide bonds. The first-order valence-corrected chi connectivity index (χ1v) is 8.13. The number of carbonyl (C=O) groups is 2. The maximum Gasteiger partial charge on any atom is 0.262 e. The predicted molar refractivity (Wildman–Crippen MR) is 82.8 cm³/mol. The van der Waals surface area contributed by atoms with E-state index in [2.05, 4.69) is 5.32 Å². The van der Waals surface area contributed by atoms with Crippen LogP contribution in [0, 0.1) is 5.92 Å². The Bertz CT molecular complexity index is 507. The van der Waals surface area contributed by atoms with Crippen LogP contribution in [-0.4, -0.2) is 43.0 Å². The van der Waals surface area contributed by atoms with Crippen LogP contribution in [0.3, 0.4) is 0 Å². The molecule has 2 heterocycles. The van der Waals surface area contributed by atoms with Crippen LogP contribution in [0.25, 0.3) is 0 Å².